The molecular weight excluding hydrogens is 297 g/mol. The molecule has 0 saturated carbocycles. The second-order valence-corrected chi connectivity index (χ2v) is 4.78. The lowest BCUT2D eigenvalue weighted by Crippen LogP contribution is -2.16. The van der Waals surface area contributed by atoms with E-state index < -0.39 is 11.9 Å². The minimum Gasteiger partial charge on any atom is -0.478 e. The lowest BCUT2D eigenvalue weighted by Gasteiger charge is -2.09. The molecule has 6 heteroatoms. The first-order valence-electron chi connectivity index (χ1n) is 6.03. The van der Waals surface area contributed by atoms with Crippen LogP contribution >= 0.6 is 11.6 Å². The van der Waals surface area contributed by atoms with Gasteiger partial charge in [-0.05, 0) is 35.9 Å². The summed E-state index contributed by atoms with van der Waals surface area (Å²) in [6.45, 7) is 0. The Morgan fingerprint density at radius 3 is 2.43 bits per heavy atom. The summed E-state index contributed by atoms with van der Waals surface area (Å²) in [5, 5.41) is 11.9. The number of halogens is 2. The first kappa shape index (κ1) is 15.0. The van der Waals surface area contributed by atoms with E-state index in [0.717, 1.165) is 0 Å². The Morgan fingerprint density at radius 1 is 1.14 bits per heavy atom. The van der Waals surface area contributed by atoms with Gasteiger partial charge in [0.25, 0.3) is 0 Å². The third-order valence-electron chi connectivity index (χ3n) is 2.76. The van der Waals surface area contributed by atoms with Crippen LogP contribution in [0, 0.1) is 5.82 Å². The van der Waals surface area contributed by atoms with Gasteiger partial charge in [-0.3, -0.25) is 4.79 Å². The Kier molecular flexibility index (Phi) is 4.55. The fraction of sp³-hybridized carbons (Fsp3) is 0.0667. The van der Waals surface area contributed by atoms with Crippen molar-refractivity contribution in [2.24, 2.45) is 0 Å². The van der Waals surface area contributed by atoms with Crippen molar-refractivity contribution in [3.05, 3.63) is 64.4 Å². The molecule has 2 aromatic carbocycles. The molecule has 0 aromatic heterocycles. The number of carboxylic acid groups (broad SMARTS) is 1. The lowest BCUT2D eigenvalue weighted by atomic mass is 10.1. The molecule has 0 atom stereocenters. The summed E-state index contributed by atoms with van der Waals surface area (Å²) in [6, 6.07) is 9.61. The zero-order valence-corrected chi connectivity index (χ0v) is 11.5. The molecule has 1 amide bonds. The average Bonchev–Trinajstić information content (AvgIpc) is 2.41. The molecule has 108 valence electrons. The van der Waals surface area contributed by atoms with Crippen LogP contribution in [0.25, 0.3) is 0 Å². The van der Waals surface area contributed by atoms with Gasteiger partial charge in [-0.15, -0.1) is 0 Å². The molecule has 2 N–H and O–H groups in total. The largest absolute Gasteiger partial charge is 0.478 e. The number of rotatable bonds is 4. The highest BCUT2D eigenvalue weighted by Crippen LogP contribution is 2.21. The van der Waals surface area contributed by atoms with Gasteiger partial charge in [0.15, 0.2) is 0 Å². The van der Waals surface area contributed by atoms with E-state index in [4.69, 9.17) is 16.7 Å². The van der Waals surface area contributed by atoms with Crippen LogP contribution < -0.4 is 5.32 Å². The third-order valence-corrected chi connectivity index (χ3v) is 3.00. The number of anilines is 1. The molecule has 4 nitrogen and oxygen atoms in total. The van der Waals surface area contributed by atoms with Gasteiger partial charge in [-0.2, -0.15) is 0 Å². The van der Waals surface area contributed by atoms with Gasteiger partial charge < -0.3 is 10.4 Å². The highest BCUT2D eigenvalue weighted by Gasteiger charge is 2.13. The highest BCUT2D eigenvalue weighted by molar-refractivity contribution is 6.31. The second-order valence-electron chi connectivity index (χ2n) is 4.35. The van der Waals surface area contributed by atoms with Crippen molar-refractivity contribution < 1.29 is 19.1 Å². The smallest absolute Gasteiger partial charge is 0.337 e. The summed E-state index contributed by atoms with van der Waals surface area (Å²) in [7, 11) is 0. The van der Waals surface area contributed by atoms with Crippen LogP contribution in [0.1, 0.15) is 15.9 Å². The highest BCUT2D eigenvalue weighted by atomic mass is 35.5. The van der Waals surface area contributed by atoms with Crippen LogP contribution in [0.4, 0.5) is 10.1 Å². The zero-order chi connectivity index (χ0) is 15.4. The van der Waals surface area contributed by atoms with Crippen molar-refractivity contribution in [2.75, 3.05) is 5.32 Å². The van der Waals surface area contributed by atoms with E-state index in [1.54, 1.807) is 0 Å². The van der Waals surface area contributed by atoms with Crippen molar-refractivity contribution in [1.82, 2.24) is 0 Å². The Hall–Kier alpha value is -2.40. The predicted molar refractivity (Wildman–Crippen MR) is 77.1 cm³/mol. The van der Waals surface area contributed by atoms with Gasteiger partial charge in [0.2, 0.25) is 5.91 Å². The minimum atomic E-state index is -1.16. The topological polar surface area (TPSA) is 66.4 Å². The molecule has 0 radical (unpaired) electrons. The SMILES string of the molecule is O=C(Cc1ccc(F)cc1)Nc1cc(Cl)ccc1C(=O)O. The quantitative estimate of drug-likeness (QED) is 0.910. The van der Waals surface area contributed by atoms with Gasteiger partial charge in [0.05, 0.1) is 17.7 Å². The van der Waals surface area contributed by atoms with Crippen LogP contribution in [0.5, 0.6) is 0 Å². The van der Waals surface area contributed by atoms with E-state index in [9.17, 15) is 14.0 Å². The predicted octanol–water partition coefficient (Wildman–Crippen LogP) is 3.36. The molecule has 0 aliphatic rings. The summed E-state index contributed by atoms with van der Waals surface area (Å²) in [5.74, 6) is -1.96. The number of hydrogen-bond acceptors (Lipinski definition) is 2. The number of carboxylic acids is 1. The number of hydrogen-bond donors (Lipinski definition) is 2. The molecule has 21 heavy (non-hydrogen) atoms. The Bertz CT molecular complexity index is 686. The Balaban J connectivity index is 2.14. The number of carbonyl (C=O) groups is 2. The van der Waals surface area contributed by atoms with Crippen LogP contribution in [-0.4, -0.2) is 17.0 Å². The monoisotopic (exact) mass is 307 g/mol. The Labute approximate surface area is 125 Å². The molecule has 0 aliphatic heterocycles. The summed E-state index contributed by atoms with van der Waals surface area (Å²) in [4.78, 5) is 23.0. The van der Waals surface area contributed by atoms with Crippen molar-refractivity contribution >= 4 is 29.2 Å². The van der Waals surface area contributed by atoms with Crippen molar-refractivity contribution in [2.45, 2.75) is 6.42 Å². The summed E-state index contributed by atoms with van der Waals surface area (Å²) < 4.78 is 12.8. The third kappa shape index (κ3) is 4.03. The van der Waals surface area contributed by atoms with Gasteiger partial charge in [-0.1, -0.05) is 23.7 Å². The maximum Gasteiger partial charge on any atom is 0.337 e. The standard InChI is InChI=1S/C15H11ClFNO3/c16-10-3-6-12(15(20)21)13(8-10)18-14(19)7-9-1-4-11(17)5-2-9/h1-6,8H,7H2,(H,18,19)(H,20,21). The fourth-order valence-electron chi connectivity index (χ4n) is 1.79. The first-order chi connectivity index (χ1) is 9.95. The molecular formula is C15H11ClFNO3. The molecule has 0 aliphatic carbocycles. The van der Waals surface area contributed by atoms with Gasteiger partial charge in [-0.25, -0.2) is 9.18 Å². The summed E-state index contributed by atoms with van der Waals surface area (Å²) in [5.41, 5.74) is 0.696. The van der Waals surface area contributed by atoms with Crippen LogP contribution in [0.2, 0.25) is 5.02 Å². The lowest BCUT2D eigenvalue weighted by molar-refractivity contribution is -0.115. The van der Waals surface area contributed by atoms with Gasteiger partial charge in [0, 0.05) is 5.02 Å². The number of aromatic carboxylic acids is 1. The number of carbonyl (C=O) groups excluding carboxylic acids is 1. The van der Waals surface area contributed by atoms with Crippen LogP contribution in [0.3, 0.4) is 0 Å². The van der Waals surface area contributed by atoms with Crippen molar-refractivity contribution in [1.29, 1.82) is 0 Å². The fourth-order valence-corrected chi connectivity index (χ4v) is 1.96. The van der Waals surface area contributed by atoms with E-state index >= 15 is 0 Å². The molecule has 0 bridgehead atoms. The van der Waals surface area contributed by atoms with Gasteiger partial charge >= 0.3 is 5.97 Å². The molecule has 0 unspecified atom stereocenters. The molecule has 0 fully saturated rings. The molecule has 0 saturated heterocycles. The minimum absolute atomic E-state index is 0.00581. The van der Waals surface area contributed by atoms with Crippen LogP contribution in [-0.2, 0) is 11.2 Å². The second kappa shape index (κ2) is 6.37. The molecule has 0 heterocycles. The number of amides is 1. The van der Waals surface area contributed by atoms with Gasteiger partial charge in [0.1, 0.15) is 5.82 Å². The zero-order valence-electron chi connectivity index (χ0n) is 10.8. The van der Waals surface area contributed by atoms with E-state index in [2.05, 4.69) is 5.32 Å². The van der Waals surface area contributed by atoms with E-state index in [-0.39, 0.29) is 23.5 Å². The molecule has 2 aromatic rings. The van der Waals surface area contributed by atoms with E-state index in [1.165, 1.54) is 42.5 Å². The molecule has 0 spiro atoms. The average molecular weight is 308 g/mol. The summed E-state index contributed by atoms with van der Waals surface area (Å²) in [6.07, 6.45) is 0.00581. The summed E-state index contributed by atoms with van der Waals surface area (Å²) >= 11 is 5.80. The number of nitrogens with one attached hydrogen (secondary N) is 1. The Morgan fingerprint density at radius 2 is 1.81 bits per heavy atom. The normalized spacial score (nSPS) is 10.2. The van der Waals surface area contributed by atoms with E-state index in [0.29, 0.717) is 10.6 Å². The van der Waals surface area contributed by atoms with E-state index in [1.807, 2.05) is 0 Å². The van der Waals surface area contributed by atoms with Crippen LogP contribution in [0.15, 0.2) is 42.5 Å². The maximum atomic E-state index is 12.8. The molecule has 2 rings (SSSR count). The first-order valence-corrected chi connectivity index (χ1v) is 6.40. The van der Waals surface area contributed by atoms with Crippen molar-refractivity contribution in [3.63, 3.8) is 0 Å². The maximum absolute atomic E-state index is 12.8. The van der Waals surface area contributed by atoms with Crippen molar-refractivity contribution in [3.8, 4) is 0 Å². The number of benzene rings is 2.